The first kappa shape index (κ1) is 20.1. The van der Waals surface area contributed by atoms with Gasteiger partial charge in [-0.25, -0.2) is 0 Å². The molecule has 1 aromatic carbocycles. The highest BCUT2D eigenvalue weighted by Crippen LogP contribution is 2.25. The first-order chi connectivity index (χ1) is 10.5. The van der Waals surface area contributed by atoms with E-state index in [9.17, 15) is 9.59 Å². The molecule has 0 atom stereocenters. The van der Waals surface area contributed by atoms with Crippen LogP contribution in [0.5, 0.6) is 5.75 Å². The third-order valence-electron chi connectivity index (χ3n) is 3.35. The van der Waals surface area contributed by atoms with Crippen molar-refractivity contribution >= 4 is 11.8 Å². The molecule has 1 rings (SSSR count). The zero-order valence-electron chi connectivity index (χ0n) is 14.2. The molecule has 0 aliphatic carbocycles. The highest BCUT2D eigenvalue weighted by molar-refractivity contribution is 5.98. The summed E-state index contributed by atoms with van der Waals surface area (Å²) >= 11 is 0. The molecular weight excluding hydrogens is 282 g/mol. The summed E-state index contributed by atoms with van der Waals surface area (Å²) in [5, 5.41) is 0. The standard InChI is InChI=1S/C16H22O4.CH5N/c1-5-20-16(18)8-6-7-14(17)13-9-10-15(19-4)12(3)11(13)2;1-2/h9-10H,5-8H2,1-4H3;2H2,1H3. The number of esters is 1. The Labute approximate surface area is 132 Å². The van der Waals surface area contributed by atoms with Crippen molar-refractivity contribution in [3.05, 3.63) is 28.8 Å². The van der Waals surface area contributed by atoms with Crippen molar-refractivity contribution < 1.29 is 19.1 Å². The highest BCUT2D eigenvalue weighted by atomic mass is 16.5. The predicted molar refractivity (Wildman–Crippen MR) is 87.4 cm³/mol. The predicted octanol–water partition coefficient (Wildman–Crippen LogP) is 2.80. The third-order valence-corrected chi connectivity index (χ3v) is 3.35. The lowest BCUT2D eigenvalue weighted by Gasteiger charge is -2.11. The van der Waals surface area contributed by atoms with Gasteiger partial charge in [0.1, 0.15) is 5.75 Å². The zero-order valence-corrected chi connectivity index (χ0v) is 14.2. The van der Waals surface area contributed by atoms with Gasteiger partial charge < -0.3 is 15.2 Å². The van der Waals surface area contributed by atoms with Gasteiger partial charge in [-0.05, 0) is 57.5 Å². The Kier molecular flexibility index (Phi) is 9.87. The number of Topliss-reactive ketones (excluding diaryl/α,β-unsaturated/α-hetero) is 1. The van der Waals surface area contributed by atoms with Crippen LogP contribution in [0, 0.1) is 13.8 Å². The number of hydrogen-bond donors (Lipinski definition) is 1. The molecule has 22 heavy (non-hydrogen) atoms. The fourth-order valence-electron chi connectivity index (χ4n) is 2.08. The molecule has 2 N–H and O–H groups in total. The normalized spacial score (nSPS) is 9.55. The van der Waals surface area contributed by atoms with Crippen LogP contribution in [-0.4, -0.2) is 32.5 Å². The molecule has 5 heteroatoms. The van der Waals surface area contributed by atoms with E-state index in [1.54, 1.807) is 26.2 Å². The van der Waals surface area contributed by atoms with Crippen LogP contribution in [0.15, 0.2) is 12.1 Å². The monoisotopic (exact) mass is 309 g/mol. The minimum atomic E-state index is -0.247. The van der Waals surface area contributed by atoms with Gasteiger partial charge in [-0.1, -0.05) is 0 Å². The van der Waals surface area contributed by atoms with E-state index in [2.05, 4.69) is 5.73 Å². The number of carbonyl (C=O) groups is 2. The maximum Gasteiger partial charge on any atom is 0.305 e. The molecule has 0 fully saturated rings. The topological polar surface area (TPSA) is 78.6 Å². The molecule has 0 radical (unpaired) electrons. The molecule has 0 unspecified atom stereocenters. The summed E-state index contributed by atoms with van der Waals surface area (Å²) in [7, 11) is 3.11. The van der Waals surface area contributed by atoms with Crippen LogP contribution >= 0.6 is 0 Å². The van der Waals surface area contributed by atoms with E-state index in [4.69, 9.17) is 9.47 Å². The second kappa shape index (κ2) is 10.8. The van der Waals surface area contributed by atoms with Crippen molar-refractivity contribution in [3.63, 3.8) is 0 Å². The fourth-order valence-corrected chi connectivity index (χ4v) is 2.08. The summed E-state index contributed by atoms with van der Waals surface area (Å²) in [4.78, 5) is 23.4. The third kappa shape index (κ3) is 5.85. The molecule has 1 aromatic rings. The Morgan fingerprint density at radius 3 is 2.27 bits per heavy atom. The van der Waals surface area contributed by atoms with Crippen LogP contribution in [0.3, 0.4) is 0 Å². The molecule has 0 saturated heterocycles. The van der Waals surface area contributed by atoms with Crippen molar-refractivity contribution in [1.82, 2.24) is 0 Å². The van der Waals surface area contributed by atoms with Crippen LogP contribution in [0.1, 0.15) is 47.7 Å². The summed E-state index contributed by atoms with van der Waals surface area (Å²) in [5.41, 5.74) is 7.11. The average molecular weight is 309 g/mol. The largest absolute Gasteiger partial charge is 0.496 e. The van der Waals surface area contributed by atoms with E-state index in [1.165, 1.54) is 7.05 Å². The molecule has 0 aliphatic heterocycles. The summed E-state index contributed by atoms with van der Waals surface area (Å²) in [6.07, 6.45) is 1.15. The van der Waals surface area contributed by atoms with Gasteiger partial charge >= 0.3 is 5.97 Å². The maximum absolute atomic E-state index is 12.2. The van der Waals surface area contributed by atoms with E-state index >= 15 is 0 Å². The quantitative estimate of drug-likeness (QED) is 0.619. The minimum absolute atomic E-state index is 0.0533. The van der Waals surface area contributed by atoms with Crippen LogP contribution in [0.25, 0.3) is 0 Å². The number of methoxy groups -OCH3 is 1. The highest BCUT2D eigenvalue weighted by Gasteiger charge is 2.13. The van der Waals surface area contributed by atoms with Gasteiger partial charge in [0.05, 0.1) is 13.7 Å². The van der Waals surface area contributed by atoms with Gasteiger partial charge in [-0.15, -0.1) is 0 Å². The van der Waals surface area contributed by atoms with Gasteiger partial charge in [0.15, 0.2) is 5.78 Å². The van der Waals surface area contributed by atoms with E-state index in [0.717, 1.165) is 16.9 Å². The summed E-state index contributed by atoms with van der Waals surface area (Å²) < 4.78 is 10.1. The molecule has 0 saturated carbocycles. The Morgan fingerprint density at radius 1 is 1.09 bits per heavy atom. The average Bonchev–Trinajstić information content (AvgIpc) is 2.52. The molecule has 0 spiro atoms. The van der Waals surface area contributed by atoms with Gasteiger partial charge in [0, 0.05) is 18.4 Å². The van der Waals surface area contributed by atoms with Crippen molar-refractivity contribution in [1.29, 1.82) is 0 Å². The minimum Gasteiger partial charge on any atom is -0.496 e. The number of rotatable bonds is 7. The Balaban J connectivity index is 0.00000211. The van der Waals surface area contributed by atoms with Crippen LogP contribution < -0.4 is 10.5 Å². The van der Waals surface area contributed by atoms with Gasteiger partial charge in [0.25, 0.3) is 0 Å². The van der Waals surface area contributed by atoms with Crippen LogP contribution in [0.4, 0.5) is 0 Å². The lowest BCUT2D eigenvalue weighted by molar-refractivity contribution is -0.143. The SMILES string of the molecule is CCOC(=O)CCCC(=O)c1ccc(OC)c(C)c1C.CN. The molecule has 0 heterocycles. The lowest BCUT2D eigenvalue weighted by atomic mass is 9.97. The number of benzene rings is 1. The second-order valence-corrected chi connectivity index (χ2v) is 4.65. The van der Waals surface area contributed by atoms with E-state index < -0.39 is 0 Å². The first-order valence-corrected chi connectivity index (χ1v) is 7.42. The van der Waals surface area contributed by atoms with E-state index in [-0.39, 0.29) is 18.2 Å². The Morgan fingerprint density at radius 2 is 1.73 bits per heavy atom. The molecular formula is C17H27NO4. The van der Waals surface area contributed by atoms with Gasteiger partial charge in [-0.3, -0.25) is 9.59 Å². The van der Waals surface area contributed by atoms with Crippen molar-refractivity contribution in [2.45, 2.75) is 40.0 Å². The smallest absolute Gasteiger partial charge is 0.305 e. The molecule has 124 valence electrons. The molecule has 0 aromatic heterocycles. The number of ketones is 1. The molecule has 0 amide bonds. The second-order valence-electron chi connectivity index (χ2n) is 4.65. The maximum atomic E-state index is 12.2. The molecule has 0 bridgehead atoms. The van der Waals surface area contributed by atoms with E-state index in [0.29, 0.717) is 25.0 Å². The fraction of sp³-hybridized carbons (Fsp3) is 0.529. The summed E-state index contributed by atoms with van der Waals surface area (Å²) in [5.74, 6) is 0.589. The Hall–Kier alpha value is -1.88. The first-order valence-electron chi connectivity index (χ1n) is 7.42. The number of carbonyl (C=O) groups excluding carboxylic acids is 2. The van der Waals surface area contributed by atoms with Crippen molar-refractivity contribution in [2.75, 3.05) is 20.8 Å². The molecule has 0 aliphatic rings. The van der Waals surface area contributed by atoms with Gasteiger partial charge in [-0.2, -0.15) is 0 Å². The zero-order chi connectivity index (χ0) is 17.1. The summed E-state index contributed by atoms with van der Waals surface area (Å²) in [6.45, 7) is 6.00. The van der Waals surface area contributed by atoms with E-state index in [1.807, 2.05) is 13.8 Å². The lowest BCUT2D eigenvalue weighted by Crippen LogP contribution is -2.07. The number of nitrogens with two attached hydrogens (primary N) is 1. The number of ether oxygens (including phenoxy) is 2. The van der Waals surface area contributed by atoms with Gasteiger partial charge in [0.2, 0.25) is 0 Å². The van der Waals surface area contributed by atoms with Crippen LogP contribution in [0.2, 0.25) is 0 Å². The van der Waals surface area contributed by atoms with Crippen molar-refractivity contribution in [2.24, 2.45) is 5.73 Å². The van der Waals surface area contributed by atoms with Crippen LogP contribution in [-0.2, 0) is 9.53 Å². The van der Waals surface area contributed by atoms with Crippen molar-refractivity contribution in [3.8, 4) is 5.75 Å². The molecule has 5 nitrogen and oxygen atoms in total. The number of hydrogen-bond acceptors (Lipinski definition) is 5. The summed E-state index contributed by atoms with van der Waals surface area (Å²) in [6, 6.07) is 3.59. The Bertz CT molecular complexity index is 498.